The Labute approximate surface area is 165 Å². The Morgan fingerprint density at radius 1 is 1.25 bits per heavy atom. The summed E-state index contributed by atoms with van der Waals surface area (Å²) >= 11 is 1.09. The first-order valence-electron chi connectivity index (χ1n) is 8.04. The Kier molecular flexibility index (Phi) is 7.22. The number of nitrogens with zero attached hydrogens (tertiary/aromatic N) is 1. The fourth-order valence-corrected chi connectivity index (χ4v) is 4.68. The summed E-state index contributed by atoms with van der Waals surface area (Å²) in [5.41, 5.74) is -0.882. The number of ether oxygens (including phenoxy) is 1. The molecule has 0 saturated carbocycles. The van der Waals surface area contributed by atoms with Gasteiger partial charge in [0.1, 0.15) is 15.8 Å². The number of methoxy groups -OCH3 is 1. The molecule has 1 N–H and O–H groups in total. The molecule has 0 fully saturated rings. The molecule has 2 aromatic rings. The minimum atomic E-state index is -3.61. The lowest BCUT2D eigenvalue weighted by Gasteiger charge is -2.15. The lowest BCUT2D eigenvalue weighted by molar-refractivity contribution is -0.116. The predicted octanol–water partition coefficient (Wildman–Crippen LogP) is 2.85. The number of esters is 1. The molecule has 0 aliphatic heterocycles. The molecule has 0 radical (unpaired) electrons. The van der Waals surface area contributed by atoms with Crippen LogP contribution in [0.3, 0.4) is 0 Å². The van der Waals surface area contributed by atoms with Gasteiger partial charge in [0, 0.05) is 26.1 Å². The maximum absolute atomic E-state index is 13.8. The van der Waals surface area contributed by atoms with E-state index in [1.54, 1.807) is 11.4 Å². The third-order valence-electron chi connectivity index (χ3n) is 3.77. The highest BCUT2D eigenvalue weighted by Crippen LogP contribution is 2.22. The van der Waals surface area contributed by atoms with Crippen LogP contribution in [-0.4, -0.2) is 45.3 Å². The summed E-state index contributed by atoms with van der Waals surface area (Å²) in [6.07, 6.45) is 0.0777. The first-order valence-corrected chi connectivity index (χ1v) is 10.4. The predicted molar refractivity (Wildman–Crippen MR) is 99.7 cm³/mol. The van der Waals surface area contributed by atoms with Gasteiger partial charge in [-0.3, -0.25) is 4.79 Å². The third kappa shape index (κ3) is 5.12. The first kappa shape index (κ1) is 21.9. The molecule has 0 unspecified atom stereocenters. The quantitative estimate of drug-likeness (QED) is 0.648. The molecule has 0 bridgehead atoms. The van der Waals surface area contributed by atoms with Gasteiger partial charge < -0.3 is 10.1 Å². The summed E-state index contributed by atoms with van der Waals surface area (Å²) in [6.45, 7) is 0.0764. The van der Waals surface area contributed by atoms with Crippen LogP contribution in [0.5, 0.6) is 0 Å². The maximum atomic E-state index is 13.8. The zero-order chi connectivity index (χ0) is 20.9. The van der Waals surface area contributed by atoms with Crippen LogP contribution in [0.2, 0.25) is 0 Å². The Morgan fingerprint density at radius 3 is 2.57 bits per heavy atom. The van der Waals surface area contributed by atoms with E-state index in [0.29, 0.717) is 6.07 Å². The van der Waals surface area contributed by atoms with Gasteiger partial charge >= 0.3 is 5.97 Å². The fourth-order valence-electron chi connectivity index (χ4n) is 2.27. The lowest BCUT2D eigenvalue weighted by atomic mass is 10.1. The summed E-state index contributed by atoms with van der Waals surface area (Å²) in [5.74, 6) is -3.77. The molecule has 0 saturated heterocycles. The normalized spacial score (nSPS) is 11.5. The van der Waals surface area contributed by atoms with Gasteiger partial charge in [-0.15, -0.1) is 11.3 Å². The molecule has 1 amide bonds. The molecule has 1 aromatic heterocycles. The van der Waals surface area contributed by atoms with E-state index < -0.39 is 39.1 Å². The van der Waals surface area contributed by atoms with Gasteiger partial charge in [-0.05, 0) is 23.9 Å². The van der Waals surface area contributed by atoms with Crippen molar-refractivity contribution in [3.05, 3.63) is 46.8 Å². The van der Waals surface area contributed by atoms with Gasteiger partial charge in [0.05, 0.1) is 18.4 Å². The number of halogens is 2. The third-order valence-corrected chi connectivity index (χ3v) is 7.00. The van der Waals surface area contributed by atoms with Gasteiger partial charge in [0.2, 0.25) is 5.91 Å². The summed E-state index contributed by atoms with van der Waals surface area (Å²) < 4.78 is 57.7. The second-order valence-corrected chi connectivity index (χ2v) is 8.93. The van der Waals surface area contributed by atoms with Crippen molar-refractivity contribution in [3.8, 4) is 0 Å². The fraction of sp³-hybridized carbons (Fsp3) is 0.294. The lowest BCUT2D eigenvalue weighted by Crippen LogP contribution is -2.28. The van der Waals surface area contributed by atoms with Crippen LogP contribution in [0.1, 0.15) is 23.2 Å². The number of amides is 1. The molecule has 0 aliphatic rings. The average Bonchev–Trinajstić information content (AvgIpc) is 3.18. The molecule has 1 aromatic carbocycles. The summed E-state index contributed by atoms with van der Waals surface area (Å²) in [7, 11) is -1.17. The number of hydrogen-bond acceptors (Lipinski definition) is 6. The second kappa shape index (κ2) is 9.22. The van der Waals surface area contributed by atoms with E-state index in [2.05, 4.69) is 10.1 Å². The van der Waals surface area contributed by atoms with E-state index in [4.69, 9.17) is 0 Å². The van der Waals surface area contributed by atoms with Crippen molar-refractivity contribution in [1.82, 2.24) is 4.31 Å². The van der Waals surface area contributed by atoms with Crippen molar-refractivity contribution in [1.29, 1.82) is 0 Å². The number of nitrogens with one attached hydrogen (secondary N) is 1. The number of sulfonamides is 1. The highest BCUT2D eigenvalue weighted by Gasteiger charge is 2.22. The molecule has 0 atom stereocenters. The molecular formula is C17H18F2N2O5S2. The molecule has 7 nitrogen and oxygen atoms in total. The Morgan fingerprint density at radius 2 is 1.96 bits per heavy atom. The van der Waals surface area contributed by atoms with Gasteiger partial charge in [-0.25, -0.2) is 26.3 Å². The highest BCUT2D eigenvalue weighted by atomic mass is 32.2. The molecule has 152 valence electrons. The van der Waals surface area contributed by atoms with Gasteiger partial charge in [0.15, 0.2) is 0 Å². The molecule has 2 rings (SSSR count). The number of carbonyl (C=O) groups is 2. The molecule has 1 heterocycles. The van der Waals surface area contributed by atoms with Crippen molar-refractivity contribution in [3.63, 3.8) is 0 Å². The molecular weight excluding hydrogens is 414 g/mol. The molecule has 11 heteroatoms. The van der Waals surface area contributed by atoms with E-state index in [9.17, 15) is 26.8 Å². The van der Waals surface area contributed by atoms with Crippen LogP contribution >= 0.6 is 11.3 Å². The average molecular weight is 432 g/mol. The molecule has 0 spiro atoms. The molecule has 0 aliphatic carbocycles. The van der Waals surface area contributed by atoms with Crippen molar-refractivity contribution in [2.45, 2.75) is 17.1 Å². The van der Waals surface area contributed by atoms with Gasteiger partial charge in [0.25, 0.3) is 10.0 Å². The summed E-state index contributed by atoms with van der Waals surface area (Å²) in [4.78, 5) is 23.5. The van der Waals surface area contributed by atoms with Crippen LogP contribution in [0, 0.1) is 11.6 Å². The number of anilines is 1. The van der Waals surface area contributed by atoms with Crippen molar-refractivity contribution < 1.29 is 31.5 Å². The Hall–Kier alpha value is -2.37. The van der Waals surface area contributed by atoms with Gasteiger partial charge in [-0.2, -0.15) is 0 Å². The van der Waals surface area contributed by atoms with Crippen LogP contribution in [0.4, 0.5) is 14.5 Å². The largest absolute Gasteiger partial charge is 0.465 e. The minimum absolute atomic E-state index is 0.0764. The smallest absolute Gasteiger partial charge is 0.340 e. The highest BCUT2D eigenvalue weighted by molar-refractivity contribution is 7.91. The SMILES string of the molecule is COC(=O)c1cc(NC(=O)CCCN(C)S(=O)(=O)c2cccs2)c(F)cc1F. The van der Waals surface area contributed by atoms with E-state index in [-0.39, 0.29) is 29.3 Å². The van der Waals surface area contributed by atoms with Crippen molar-refractivity contribution in [2.75, 3.05) is 26.0 Å². The maximum Gasteiger partial charge on any atom is 0.340 e. The standard InChI is InChI=1S/C17H18F2N2O5S2/c1-21(28(24,25)16-6-4-8-27-16)7-3-5-15(22)20-14-9-11(17(23)26-2)12(18)10-13(14)19/h4,6,8-10H,3,5,7H2,1-2H3,(H,20,22). The molecule has 28 heavy (non-hydrogen) atoms. The van der Waals surface area contributed by atoms with E-state index in [0.717, 1.165) is 28.8 Å². The van der Waals surface area contributed by atoms with Crippen LogP contribution < -0.4 is 5.32 Å². The zero-order valence-electron chi connectivity index (χ0n) is 15.1. The first-order chi connectivity index (χ1) is 13.2. The number of benzene rings is 1. The van der Waals surface area contributed by atoms with E-state index in [1.807, 2.05) is 0 Å². The summed E-state index contributed by atoms with van der Waals surface area (Å²) in [6, 6.07) is 4.43. The zero-order valence-corrected chi connectivity index (χ0v) is 16.7. The Bertz CT molecular complexity index is 962. The van der Waals surface area contributed by atoms with E-state index >= 15 is 0 Å². The number of carbonyl (C=O) groups excluding carboxylic acids is 2. The topological polar surface area (TPSA) is 92.8 Å². The minimum Gasteiger partial charge on any atom is -0.465 e. The monoisotopic (exact) mass is 432 g/mol. The van der Waals surface area contributed by atoms with Crippen LogP contribution in [0.25, 0.3) is 0 Å². The summed E-state index contributed by atoms with van der Waals surface area (Å²) in [5, 5.41) is 3.89. The number of hydrogen-bond donors (Lipinski definition) is 1. The number of rotatable bonds is 8. The van der Waals surface area contributed by atoms with Crippen molar-refractivity contribution >= 4 is 38.9 Å². The van der Waals surface area contributed by atoms with Crippen molar-refractivity contribution in [2.24, 2.45) is 0 Å². The van der Waals surface area contributed by atoms with Crippen LogP contribution in [-0.2, 0) is 19.6 Å². The van der Waals surface area contributed by atoms with Gasteiger partial charge in [-0.1, -0.05) is 6.07 Å². The second-order valence-electron chi connectivity index (χ2n) is 5.71. The number of thiophene rings is 1. The van der Waals surface area contributed by atoms with E-state index in [1.165, 1.54) is 13.1 Å². The Balaban J connectivity index is 1.95. The van der Waals surface area contributed by atoms with Crippen LogP contribution in [0.15, 0.2) is 33.9 Å².